The van der Waals surface area contributed by atoms with Gasteiger partial charge in [0.25, 0.3) is 0 Å². The summed E-state index contributed by atoms with van der Waals surface area (Å²) in [5, 5.41) is 10.4. The second-order valence-electron chi connectivity index (χ2n) is 7.46. The Morgan fingerprint density at radius 1 is 1.31 bits per heavy atom. The number of rotatable bonds is 5. The van der Waals surface area contributed by atoms with E-state index in [0.717, 1.165) is 11.8 Å². The van der Waals surface area contributed by atoms with Gasteiger partial charge in [0.15, 0.2) is 0 Å². The predicted octanol–water partition coefficient (Wildman–Crippen LogP) is 1.68. The van der Waals surface area contributed by atoms with Gasteiger partial charge in [-0.25, -0.2) is 17.5 Å². The van der Waals surface area contributed by atoms with E-state index < -0.39 is 27.8 Å². The molecule has 1 N–H and O–H groups in total. The summed E-state index contributed by atoms with van der Waals surface area (Å²) in [6.45, 7) is 4.06. The van der Waals surface area contributed by atoms with E-state index in [1.165, 1.54) is 16.3 Å². The van der Waals surface area contributed by atoms with E-state index in [9.17, 15) is 18.3 Å². The molecule has 0 aliphatic carbocycles. The van der Waals surface area contributed by atoms with Crippen LogP contribution < -0.4 is 0 Å². The summed E-state index contributed by atoms with van der Waals surface area (Å²) in [4.78, 5) is 14.0. The Morgan fingerprint density at radius 2 is 1.92 bits per heavy atom. The van der Waals surface area contributed by atoms with Crippen LogP contribution in [0.4, 0.5) is 4.79 Å². The van der Waals surface area contributed by atoms with Crippen LogP contribution in [-0.2, 0) is 21.4 Å². The van der Waals surface area contributed by atoms with Crippen LogP contribution in [0, 0.1) is 5.92 Å². The second-order valence-corrected chi connectivity index (χ2v) is 9.51. The summed E-state index contributed by atoms with van der Waals surface area (Å²) in [7, 11) is -1.90. The lowest BCUT2D eigenvalue weighted by atomic mass is 9.82. The van der Waals surface area contributed by atoms with Gasteiger partial charge in [-0.1, -0.05) is 30.3 Å². The van der Waals surface area contributed by atoms with Crippen LogP contribution in [0.1, 0.15) is 25.8 Å². The van der Waals surface area contributed by atoms with Crippen molar-refractivity contribution >= 4 is 16.1 Å². The average molecular weight is 384 g/mol. The molecule has 2 unspecified atom stereocenters. The molecule has 0 spiro atoms. The molecule has 7 nitrogen and oxygen atoms in total. The zero-order valence-corrected chi connectivity index (χ0v) is 16.6. The summed E-state index contributed by atoms with van der Waals surface area (Å²) in [5.41, 5.74) is -0.156. The Kier molecular flexibility index (Phi) is 6.31. The maximum absolute atomic E-state index is 12.5. The van der Waals surface area contributed by atoms with Crippen molar-refractivity contribution < 1.29 is 23.1 Å². The van der Waals surface area contributed by atoms with Gasteiger partial charge in [-0.15, -0.1) is 0 Å². The van der Waals surface area contributed by atoms with Gasteiger partial charge in [-0.05, 0) is 25.8 Å². The molecular weight excluding hydrogens is 356 g/mol. The van der Waals surface area contributed by atoms with Gasteiger partial charge in [0, 0.05) is 32.1 Å². The molecule has 2 atom stereocenters. The van der Waals surface area contributed by atoms with Gasteiger partial charge in [-0.2, -0.15) is 0 Å². The highest BCUT2D eigenvalue weighted by molar-refractivity contribution is 7.88. The molecule has 0 saturated carbocycles. The summed E-state index contributed by atoms with van der Waals surface area (Å²) in [6.07, 6.45) is 1.11. The largest absolute Gasteiger partial charge is 0.445 e. The standard InChI is InChI=1S/C18H28N2O5S/c1-18(2,22)15-10-16(19(3)26(4,23)24)12-20(11-15)17(21)25-13-14-8-6-5-7-9-14/h5-9,15-16,22H,10-13H2,1-4H3. The summed E-state index contributed by atoms with van der Waals surface area (Å²) < 4.78 is 30.5. The Bertz CT molecular complexity index is 715. The van der Waals surface area contributed by atoms with Crippen molar-refractivity contribution in [1.29, 1.82) is 0 Å². The van der Waals surface area contributed by atoms with Crippen LogP contribution in [0.25, 0.3) is 0 Å². The molecule has 146 valence electrons. The van der Waals surface area contributed by atoms with Crippen LogP contribution >= 0.6 is 0 Å². The van der Waals surface area contributed by atoms with Crippen molar-refractivity contribution in [1.82, 2.24) is 9.21 Å². The van der Waals surface area contributed by atoms with Crippen molar-refractivity contribution in [3.8, 4) is 0 Å². The molecule has 1 aromatic rings. The zero-order chi connectivity index (χ0) is 19.5. The summed E-state index contributed by atoms with van der Waals surface area (Å²) in [5.74, 6) is -0.255. The van der Waals surface area contributed by atoms with E-state index in [0.29, 0.717) is 13.0 Å². The molecule has 1 aromatic carbocycles. The average Bonchev–Trinajstić information content (AvgIpc) is 2.58. The third-order valence-electron chi connectivity index (χ3n) is 4.93. The molecule has 1 aliphatic heterocycles. The van der Waals surface area contributed by atoms with Crippen LogP contribution in [0.3, 0.4) is 0 Å². The normalized spacial score (nSPS) is 21.7. The molecule has 2 rings (SSSR count). The highest BCUT2D eigenvalue weighted by Crippen LogP contribution is 2.30. The number of aliphatic hydroxyl groups is 1. The van der Waals surface area contributed by atoms with Gasteiger partial charge in [0.1, 0.15) is 6.61 Å². The second kappa shape index (κ2) is 7.94. The van der Waals surface area contributed by atoms with Gasteiger partial charge in [0.05, 0.1) is 11.9 Å². The van der Waals surface area contributed by atoms with Crippen molar-refractivity contribution in [3.63, 3.8) is 0 Å². The fraction of sp³-hybridized carbons (Fsp3) is 0.611. The number of likely N-dealkylation sites (tertiary alicyclic amines) is 1. The molecule has 1 heterocycles. The molecule has 1 aliphatic rings. The van der Waals surface area contributed by atoms with Crippen molar-refractivity contribution in [2.75, 3.05) is 26.4 Å². The zero-order valence-electron chi connectivity index (χ0n) is 15.8. The van der Waals surface area contributed by atoms with Crippen LogP contribution in [-0.4, -0.2) is 66.9 Å². The number of piperidine rings is 1. The maximum atomic E-state index is 12.5. The molecular formula is C18H28N2O5S. The van der Waals surface area contributed by atoms with E-state index in [2.05, 4.69) is 0 Å². The number of likely N-dealkylation sites (N-methyl/N-ethyl adjacent to an activating group) is 1. The molecule has 0 radical (unpaired) electrons. The monoisotopic (exact) mass is 384 g/mol. The third kappa shape index (κ3) is 5.43. The van der Waals surface area contributed by atoms with Crippen molar-refractivity contribution in [3.05, 3.63) is 35.9 Å². The van der Waals surface area contributed by atoms with E-state index in [1.807, 2.05) is 30.3 Å². The van der Waals surface area contributed by atoms with Crippen LogP contribution in [0.5, 0.6) is 0 Å². The number of benzene rings is 1. The van der Waals surface area contributed by atoms with E-state index in [4.69, 9.17) is 4.74 Å². The first-order valence-electron chi connectivity index (χ1n) is 8.59. The number of hydrogen-bond donors (Lipinski definition) is 1. The Morgan fingerprint density at radius 3 is 2.46 bits per heavy atom. The molecule has 1 saturated heterocycles. The van der Waals surface area contributed by atoms with Gasteiger partial charge >= 0.3 is 6.09 Å². The molecule has 0 aromatic heterocycles. The first-order chi connectivity index (χ1) is 12.0. The minimum absolute atomic E-state index is 0.149. The summed E-state index contributed by atoms with van der Waals surface area (Å²) in [6, 6.07) is 8.94. The van der Waals surface area contributed by atoms with Gasteiger partial charge in [-0.3, -0.25) is 0 Å². The number of ether oxygens (including phenoxy) is 1. The SMILES string of the molecule is CN(C1CC(C(C)(C)O)CN(C(=O)OCc2ccccc2)C1)S(C)(=O)=O. The maximum Gasteiger partial charge on any atom is 0.410 e. The number of carbonyl (C=O) groups excluding carboxylic acids is 1. The van der Waals surface area contributed by atoms with E-state index in [-0.39, 0.29) is 19.1 Å². The van der Waals surface area contributed by atoms with Crippen molar-refractivity contribution in [2.45, 2.75) is 38.5 Å². The fourth-order valence-electron chi connectivity index (χ4n) is 3.08. The smallest absolute Gasteiger partial charge is 0.410 e. The highest BCUT2D eigenvalue weighted by atomic mass is 32.2. The van der Waals surface area contributed by atoms with Gasteiger partial charge < -0.3 is 14.7 Å². The third-order valence-corrected chi connectivity index (χ3v) is 6.27. The van der Waals surface area contributed by atoms with E-state index in [1.54, 1.807) is 13.8 Å². The highest BCUT2D eigenvalue weighted by Gasteiger charge is 2.40. The first-order valence-corrected chi connectivity index (χ1v) is 10.4. The molecule has 1 fully saturated rings. The molecule has 8 heteroatoms. The topological polar surface area (TPSA) is 87.2 Å². The Labute approximate surface area is 155 Å². The van der Waals surface area contributed by atoms with Crippen LogP contribution in [0.15, 0.2) is 30.3 Å². The van der Waals surface area contributed by atoms with Crippen molar-refractivity contribution in [2.24, 2.45) is 5.92 Å². The van der Waals surface area contributed by atoms with Gasteiger partial charge in [0.2, 0.25) is 10.0 Å². The lowest BCUT2D eigenvalue weighted by Gasteiger charge is -2.43. The molecule has 26 heavy (non-hydrogen) atoms. The molecule has 0 bridgehead atoms. The Hall–Kier alpha value is -1.64. The number of hydrogen-bond acceptors (Lipinski definition) is 5. The number of amides is 1. The first kappa shape index (κ1) is 20.7. The lowest BCUT2D eigenvalue weighted by molar-refractivity contribution is -0.0317. The Balaban J connectivity index is 2.11. The minimum atomic E-state index is -3.40. The van der Waals surface area contributed by atoms with E-state index >= 15 is 0 Å². The minimum Gasteiger partial charge on any atom is -0.445 e. The van der Waals surface area contributed by atoms with Crippen LogP contribution in [0.2, 0.25) is 0 Å². The number of nitrogens with zero attached hydrogens (tertiary/aromatic N) is 2. The quantitative estimate of drug-likeness (QED) is 0.835. The number of carbonyl (C=O) groups is 1. The number of sulfonamides is 1. The lowest BCUT2D eigenvalue weighted by Crippen LogP contribution is -2.56. The molecule has 1 amide bonds. The predicted molar refractivity (Wildman–Crippen MR) is 99.0 cm³/mol. The summed E-state index contributed by atoms with van der Waals surface area (Å²) >= 11 is 0. The fourth-order valence-corrected chi connectivity index (χ4v) is 3.77.